The Morgan fingerprint density at radius 3 is 2.11 bits per heavy atom. The molecule has 0 spiro atoms. The molecule has 1 N–H and O–H groups in total. The zero-order valence-electron chi connectivity index (χ0n) is 37.5. The third-order valence-electron chi connectivity index (χ3n) is 13.8. The lowest BCUT2D eigenvalue weighted by Gasteiger charge is -2.42. The second-order valence-electron chi connectivity index (χ2n) is 20.2. The second kappa shape index (κ2) is 19.7. The second-order valence-corrected chi connectivity index (χ2v) is 31.8. The van der Waals surface area contributed by atoms with Gasteiger partial charge in [-0.05, 0) is 104 Å². The minimum absolute atomic E-state index is 0.000157. The normalized spacial score (nSPS) is 29.9. The summed E-state index contributed by atoms with van der Waals surface area (Å²) in [5, 5.41) is 9.32. The molecule has 0 radical (unpaired) electrons. The van der Waals surface area contributed by atoms with E-state index < -0.39 is 50.7 Å². The van der Waals surface area contributed by atoms with Crippen molar-refractivity contribution in [2.45, 2.75) is 190 Å². The van der Waals surface area contributed by atoms with Crippen LogP contribution in [0.4, 0.5) is 0 Å². The average molecular weight is 851 g/mol. The summed E-state index contributed by atoms with van der Waals surface area (Å²) in [5.74, 6) is -0.324. The van der Waals surface area contributed by atoms with Crippen LogP contribution in [0.5, 0.6) is 0 Å². The maximum Gasteiger partial charge on any atom is 0.192 e. The van der Waals surface area contributed by atoms with Crippen molar-refractivity contribution in [1.82, 2.24) is 0 Å². The Labute approximate surface area is 348 Å². The molecule has 9 nitrogen and oxygen atoms in total. The molecule has 1 aromatic carbocycles. The number of aliphatic hydroxyl groups is 1. The van der Waals surface area contributed by atoms with E-state index in [9.17, 15) is 13.5 Å². The smallest absolute Gasteiger partial charge is 0.192 e. The molecule has 0 aromatic heterocycles. The number of methoxy groups -OCH3 is 1. The van der Waals surface area contributed by atoms with E-state index >= 15 is 0 Å². The van der Waals surface area contributed by atoms with Gasteiger partial charge in [0.1, 0.15) is 0 Å². The Balaban J connectivity index is 1.59. The molecule has 1 aromatic rings. The molecule has 10 atom stereocenters. The van der Waals surface area contributed by atoms with Crippen LogP contribution in [0.1, 0.15) is 99.8 Å². The van der Waals surface area contributed by atoms with Crippen molar-refractivity contribution in [3.8, 4) is 0 Å². The van der Waals surface area contributed by atoms with E-state index in [1.807, 2.05) is 6.07 Å². The van der Waals surface area contributed by atoms with E-state index in [4.69, 9.17) is 27.8 Å². The molecule has 0 saturated carbocycles. The van der Waals surface area contributed by atoms with Gasteiger partial charge in [-0.1, -0.05) is 79.8 Å². The highest BCUT2D eigenvalue weighted by molar-refractivity contribution is 7.91. The van der Waals surface area contributed by atoms with Crippen molar-refractivity contribution in [1.29, 1.82) is 0 Å². The lowest BCUT2D eigenvalue weighted by Crippen LogP contribution is -2.49. The molecular formula is C45H78O9SSi2. The molecule has 3 heterocycles. The van der Waals surface area contributed by atoms with Crippen LogP contribution in [-0.4, -0.2) is 105 Å². The molecule has 3 fully saturated rings. The van der Waals surface area contributed by atoms with Gasteiger partial charge in [0.2, 0.25) is 0 Å². The maximum atomic E-state index is 14.1. The van der Waals surface area contributed by atoms with Gasteiger partial charge in [0, 0.05) is 32.5 Å². The maximum absolute atomic E-state index is 14.1. The first-order valence-electron chi connectivity index (χ1n) is 21.4. The van der Waals surface area contributed by atoms with Gasteiger partial charge < -0.3 is 32.9 Å². The van der Waals surface area contributed by atoms with Gasteiger partial charge in [0.15, 0.2) is 26.5 Å². The zero-order chi connectivity index (χ0) is 42.6. The fraction of sp³-hybridized carbons (Fsp3) is 0.778. The van der Waals surface area contributed by atoms with Gasteiger partial charge in [-0.3, -0.25) is 0 Å². The topological polar surface area (TPSA) is 110 Å². The van der Waals surface area contributed by atoms with Crippen molar-refractivity contribution >= 4 is 26.5 Å². The average Bonchev–Trinajstić information content (AvgIpc) is 3.63. The zero-order valence-corrected chi connectivity index (χ0v) is 40.3. The van der Waals surface area contributed by atoms with Crippen LogP contribution in [-0.2, 0) is 37.6 Å². The van der Waals surface area contributed by atoms with E-state index in [0.717, 1.165) is 49.7 Å². The summed E-state index contributed by atoms with van der Waals surface area (Å²) in [6, 6.07) is 8.68. The monoisotopic (exact) mass is 850 g/mol. The fourth-order valence-corrected chi connectivity index (χ4v) is 12.1. The number of benzene rings is 1. The molecule has 0 amide bonds. The molecule has 12 heteroatoms. The van der Waals surface area contributed by atoms with Crippen molar-refractivity contribution in [3.63, 3.8) is 0 Å². The Morgan fingerprint density at radius 1 is 0.877 bits per heavy atom. The summed E-state index contributed by atoms with van der Waals surface area (Å²) in [6.45, 7) is 34.2. The molecule has 57 heavy (non-hydrogen) atoms. The van der Waals surface area contributed by atoms with Gasteiger partial charge in [-0.2, -0.15) is 0 Å². The molecule has 326 valence electrons. The number of sulfone groups is 1. The van der Waals surface area contributed by atoms with E-state index in [2.05, 4.69) is 87.8 Å². The van der Waals surface area contributed by atoms with E-state index in [1.54, 1.807) is 31.4 Å². The molecule has 2 unspecified atom stereocenters. The predicted octanol–water partition coefficient (Wildman–Crippen LogP) is 9.67. The van der Waals surface area contributed by atoms with E-state index in [1.165, 1.54) is 0 Å². The number of ether oxygens (including phenoxy) is 4. The van der Waals surface area contributed by atoms with Gasteiger partial charge in [-0.15, -0.1) is 0 Å². The van der Waals surface area contributed by atoms with E-state index in [-0.39, 0.29) is 58.9 Å². The fourth-order valence-electron chi connectivity index (χ4n) is 8.08. The minimum atomic E-state index is -3.68. The van der Waals surface area contributed by atoms with Crippen molar-refractivity contribution < 1.29 is 41.3 Å². The first-order valence-corrected chi connectivity index (χ1v) is 28.9. The number of aliphatic hydroxyl groups excluding tert-OH is 1. The SMILES string of the molecule is C=C1C[C@H](CCCO)OC1CC[C@H]1C[C@@H](C)C(=C)[C@@H](C[C@@H]2O[C@H](CC(CO[Si](C)(C)C(C)(C)C)O[Si](C)(C)C(C)(C)C)[C@H](OC)[C@H]2CS(=O)(=O)c2ccccc2)O1. The molecule has 0 bridgehead atoms. The van der Waals surface area contributed by atoms with Crippen LogP contribution in [0.2, 0.25) is 36.3 Å². The van der Waals surface area contributed by atoms with Crippen molar-refractivity contribution in [2.75, 3.05) is 26.1 Å². The highest BCUT2D eigenvalue weighted by Crippen LogP contribution is 2.44. The number of rotatable bonds is 19. The molecule has 3 aliphatic heterocycles. The molecule has 3 saturated heterocycles. The first kappa shape index (κ1) is 48.5. The Kier molecular flexibility index (Phi) is 16.7. The van der Waals surface area contributed by atoms with E-state index in [0.29, 0.717) is 24.3 Å². The summed E-state index contributed by atoms with van der Waals surface area (Å²) < 4.78 is 68.6. The third-order valence-corrected chi connectivity index (χ3v) is 24.7. The Hall–Kier alpha value is -1.20. The van der Waals surface area contributed by atoms with Gasteiger partial charge in [0.25, 0.3) is 0 Å². The first-order chi connectivity index (χ1) is 26.4. The van der Waals surface area contributed by atoms with Crippen LogP contribution in [0.15, 0.2) is 59.5 Å². The number of hydrogen-bond donors (Lipinski definition) is 1. The quantitative estimate of drug-likeness (QED) is 0.108. The number of hydrogen-bond acceptors (Lipinski definition) is 9. The highest BCUT2D eigenvalue weighted by Gasteiger charge is 2.50. The van der Waals surface area contributed by atoms with Crippen LogP contribution >= 0.6 is 0 Å². The summed E-state index contributed by atoms with van der Waals surface area (Å²) >= 11 is 0. The molecule has 4 rings (SSSR count). The molecule has 3 aliphatic rings. The van der Waals surface area contributed by atoms with Crippen LogP contribution in [0.3, 0.4) is 0 Å². The van der Waals surface area contributed by atoms with Crippen molar-refractivity contribution in [3.05, 3.63) is 54.6 Å². The third kappa shape index (κ3) is 12.7. The highest BCUT2D eigenvalue weighted by atomic mass is 32.2. The summed E-state index contributed by atoms with van der Waals surface area (Å²) in [6.07, 6.45) is 4.12. The Bertz CT molecular complexity index is 1570. The summed E-state index contributed by atoms with van der Waals surface area (Å²) in [5.41, 5.74) is 2.14. The van der Waals surface area contributed by atoms with Crippen molar-refractivity contribution in [2.24, 2.45) is 11.8 Å². The predicted molar refractivity (Wildman–Crippen MR) is 235 cm³/mol. The van der Waals surface area contributed by atoms with Crippen LogP contribution < -0.4 is 0 Å². The minimum Gasteiger partial charge on any atom is -0.414 e. The lowest BCUT2D eigenvalue weighted by molar-refractivity contribution is -0.0782. The summed E-state index contributed by atoms with van der Waals surface area (Å²) in [4.78, 5) is 0.297. The largest absolute Gasteiger partial charge is 0.414 e. The lowest BCUT2D eigenvalue weighted by atomic mass is 9.83. The summed E-state index contributed by atoms with van der Waals surface area (Å²) in [7, 11) is -6.35. The van der Waals surface area contributed by atoms with Gasteiger partial charge >= 0.3 is 0 Å². The standard InChI is InChI=1S/C45H78O9SSi2/c1-31-25-35(22-23-39-32(2)26-34(51-39)19-18-24-46)52-40(33(31)3)28-41-38(30-55(47,48)37-20-16-15-17-21-37)43(49-10)42(53-41)27-36(54-57(13,14)45(7,8)9)29-50-56(11,12)44(4,5)6/h15-17,20-21,31,34-36,38-43,46H,2-3,18-19,22-30H2,1,4-14H3/t31-,34+,35+,36?,38+,39?,40-,41+,42-,43-/m1/s1. The van der Waals surface area contributed by atoms with Crippen LogP contribution in [0.25, 0.3) is 0 Å². The molecule has 0 aliphatic carbocycles. The molecular weight excluding hydrogens is 773 g/mol. The van der Waals surface area contributed by atoms with Gasteiger partial charge in [0.05, 0.1) is 66.1 Å². The van der Waals surface area contributed by atoms with Gasteiger partial charge in [-0.25, -0.2) is 8.42 Å². The Morgan fingerprint density at radius 2 is 1.51 bits per heavy atom. The van der Waals surface area contributed by atoms with Crippen LogP contribution in [0, 0.1) is 11.8 Å².